The fraction of sp³-hybridized carbons (Fsp3) is 0.100. The number of halogens is 1. The second-order valence-corrected chi connectivity index (χ2v) is 6.57. The van der Waals surface area contributed by atoms with Crippen molar-refractivity contribution in [1.82, 2.24) is 0 Å². The molecule has 5 heteroatoms. The van der Waals surface area contributed by atoms with Crippen molar-refractivity contribution in [2.45, 2.75) is 13.8 Å². The molecule has 4 nitrogen and oxygen atoms in total. The summed E-state index contributed by atoms with van der Waals surface area (Å²) in [6.07, 6.45) is 1.66. The molecule has 3 rings (SSSR count). The van der Waals surface area contributed by atoms with Crippen LogP contribution in [0.3, 0.4) is 0 Å². The van der Waals surface area contributed by atoms with Crippen molar-refractivity contribution in [3.63, 3.8) is 0 Å². The number of hydrogen-bond acceptors (Lipinski definition) is 4. The van der Waals surface area contributed by atoms with Crippen LogP contribution in [-0.4, -0.2) is 12.2 Å². The molecule has 126 valence electrons. The molecule has 0 radical (unpaired) electrons. The fourth-order valence-electron chi connectivity index (χ4n) is 2.48. The Morgan fingerprint density at radius 1 is 1.08 bits per heavy atom. The molecule has 0 unspecified atom stereocenters. The van der Waals surface area contributed by atoms with E-state index in [0.717, 1.165) is 26.9 Å². The number of hydrogen-bond donors (Lipinski definition) is 0. The highest BCUT2D eigenvalue weighted by Crippen LogP contribution is 2.26. The average molecular weight is 397 g/mol. The molecule has 0 N–H and O–H groups in total. The number of rotatable bonds is 4. The van der Waals surface area contributed by atoms with Gasteiger partial charge in [-0.05, 0) is 66.9 Å². The molecule has 0 bridgehead atoms. The number of nitrogens with zero attached hydrogens (tertiary/aromatic N) is 1. The molecule has 1 heterocycles. The molecule has 0 saturated carbocycles. The zero-order valence-electron chi connectivity index (χ0n) is 13.7. The summed E-state index contributed by atoms with van der Waals surface area (Å²) in [7, 11) is 0. The Morgan fingerprint density at radius 3 is 2.56 bits per heavy atom. The number of carboxylic acid groups (broad SMARTS) is 1. The molecule has 0 saturated heterocycles. The van der Waals surface area contributed by atoms with E-state index in [1.165, 1.54) is 6.07 Å². The molecule has 0 aliphatic heterocycles. The molecule has 2 aromatic carbocycles. The predicted molar refractivity (Wildman–Crippen MR) is 99.3 cm³/mol. The smallest absolute Gasteiger partial charge is 0.145 e. The van der Waals surface area contributed by atoms with Crippen LogP contribution in [0.1, 0.15) is 27.2 Å². The van der Waals surface area contributed by atoms with E-state index in [-0.39, 0.29) is 5.56 Å². The van der Waals surface area contributed by atoms with E-state index in [2.05, 4.69) is 20.9 Å². The standard InChI is InChI=1S/C20H16BrNO3/c1-12-9-14(20(23)24)3-6-17(12)19-8-5-16(25-19)11-22-15-4-7-18(21)13(2)10-15/h3-11H,1-2H3,(H,23,24)/p-1. The summed E-state index contributed by atoms with van der Waals surface area (Å²) in [5, 5.41) is 10.9. The topological polar surface area (TPSA) is 65.6 Å². The van der Waals surface area contributed by atoms with Crippen LogP contribution in [0.5, 0.6) is 0 Å². The Labute approximate surface area is 154 Å². The molecule has 3 aromatic rings. The van der Waals surface area contributed by atoms with E-state index >= 15 is 0 Å². The van der Waals surface area contributed by atoms with Crippen LogP contribution in [0.2, 0.25) is 0 Å². The minimum atomic E-state index is -1.19. The zero-order chi connectivity index (χ0) is 18.0. The van der Waals surface area contributed by atoms with Crippen molar-refractivity contribution in [3.8, 4) is 11.3 Å². The number of carbonyl (C=O) groups excluding carboxylic acids is 1. The molecule has 0 amide bonds. The van der Waals surface area contributed by atoms with Gasteiger partial charge in [0.25, 0.3) is 0 Å². The van der Waals surface area contributed by atoms with Gasteiger partial charge in [-0.2, -0.15) is 0 Å². The Morgan fingerprint density at radius 2 is 1.88 bits per heavy atom. The third kappa shape index (κ3) is 3.88. The third-order valence-corrected chi connectivity index (χ3v) is 4.73. The molecule has 0 spiro atoms. The lowest BCUT2D eigenvalue weighted by Crippen LogP contribution is -2.22. The van der Waals surface area contributed by atoms with Crippen molar-refractivity contribution < 1.29 is 14.3 Å². The highest BCUT2D eigenvalue weighted by Gasteiger charge is 2.08. The van der Waals surface area contributed by atoms with E-state index in [1.54, 1.807) is 18.3 Å². The number of benzene rings is 2. The van der Waals surface area contributed by atoms with Crippen LogP contribution in [0.4, 0.5) is 5.69 Å². The van der Waals surface area contributed by atoms with Gasteiger partial charge < -0.3 is 14.3 Å². The van der Waals surface area contributed by atoms with Crippen molar-refractivity contribution in [2.75, 3.05) is 0 Å². The largest absolute Gasteiger partial charge is 0.545 e. The van der Waals surface area contributed by atoms with Crippen molar-refractivity contribution in [3.05, 3.63) is 75.5 Å². The molecule has 0 aliphatic carbocycles. The Kier molecular flexibility index (Phi) is 4.86. The van der Waals surface area contributed by atoms with Gasteiger partial charge in [0.1, 0.15) is 11.5 Å². The van der Waals surface area contributed by atoms with Gasteiger partial charge in [0, 0.05) is 10.0 Å². The van der Waals surface area contributed by atoms with Gasteiger partial charge in [0.15, 0.2) is 0 Å². The lowest BCUT2D eigenvalue weighted by molar-refractivity contribution is -0.255. The number of aliphatic imine (C=N–C) groups is 1. The van der Waals surface area contributed by atoms with Gasteiger partial charge in [-0.25, -0.2) is 0 Å². The average Bonchev–Trinajstić information content (AvgIpc) is 3.04. The minimum Gasteiger partial charge on any atom is -0.545 e. The Bertz CT molecular complexity index is 973. The zero-order valence-corrected chi connectivity index (χ0v) is 15.3. The molecule has 0 fully saturated rings. The van der Waals surface area contributed by atoms with Crippen LogP contribution in [0.25, 0.3) is 11.3 Å². The van der Waals surface area contributed by atoms with Gasteiger partial charge in [0.2, 0.25) is 0 Å². The van der Waals surface area contributed by atoms with Gasteiger partial charge >= 0.3 is 0 Å². The van der Waals surface area contributed by atoms with E-state index < -0.39 is 5.97 Å². The normalized spacial score (nSPS) is 11.2. The SMILES string of the molecule is Cc1cc(N=Cc2ccc(-c3ccc(C(=O)[O-])cc3C)o2)ccc1Br. The second kappa shape index (κ2) is 7.07. The van der Waals surface area contributed by atoms with Gasteiger partial charge in [-0.1, -0.05) is 28.1 Å². The number of aryl methyl sites for hydroxylation is 2. The van der Waals surface area contributed by atoms with E-state index in [0.29, 0.717) is 11.5 Å². The van der Waals surface area contributed by atoms with Crippen molar-refractivity contribution >= 4 is 33.8 Å². The predicted octanol–water partition coefficient (Wildman–Crippen LogP) is 4.44. The first kappa shape index (κ1) is 17.2. The van der Waals surface area contributed by atoms with Crippen LogP contribution < -0.4 is 5.11 Å². The summed E-state index contributed by atoms with van der Waals surface area (Å²) < 4.78 is 6.85. The second-order valence-electron chi connectivity index (χ2n) is 5.71. The van der Waals surface area contributed by atoms with Gasteiger partial charge in [-0.3, -0.25) is 4.99 Å². The molecule has 0 aliphatic rings. The summed E-state index contributed by atoms with van der Waals surface area (Å²) in [6, 6.07) is 14.3. The summed E-state index contributed by atoms with van der Waals surface area (Å²) in [5.41, 5.74) is 3.75. The van der Waals surface area contributed by atoms with Crippen LogP contribution in [0.15, 0.2) is 62.4 Å². The molecule has 25 heavy (non-hydrogen) atoms. The number of carboxylic acids is 1. The molecular weight excluding hydrogens is 382 g/mol. The summed E-state index contributed by atoms with van der Waals surface area (Å²) >= 11 is 3.46. The Balaban J connectivity index is 1.84. The minimum absolute atomic E-state index is 0.153. The summed E-state index contributed by atoms with van der Waals surface area (Å²) in [5.74, 6) is 0.0986. The quantitative estimate of drug-likeness (QED) is 0.612. The van der Waals surface area contributed by atoms with Crippen molar-refractivity contribution in [2.24, 2.45) is 4.99 Å². The summed E-state index contributed by atoms with van der Waals surface area (Å²) in [4.78, 5) is 15.3. The highest BCUT2D eigenvalue weighted by atomic mass is 79.9. The monoisotopic (exact) mass is 396 g/mol. The lowest BCUT2D eigenvalue weighted by atomic mass is 10.0. The molecule has 0 atom stereocenters. The third-order valence-electron chi connectivity index (χ3n) is 3.84. The molecule has 1 aromatic heterocycles. The number of aromatic carboxylic acids is 1. The maximum atomic E-state index is 10.9. The fourth-order valence-corrected chi connectivity index (χ4v) is 2.73. The van der Waals surface area contributed by atoms with Gasteiger partial charge in [-0.15, -0.1) is 0 Å². The first-order valence-corrected chi connectivity index (χ1v) is 8.46. The first-order chi connectivity index (χ1) is 11.9. The van der Waals surface area contributed by atoms with E-state index in [1.807, 2.05) is 44.2 Å². The summed E-state index contributed by atoms with van der Waals surface area (Å²) in [6.45, 7) is 3.84. The maximum Gasteiger partial charge on any atom is 0.145 e. The number of carbonyl (C=O) groups is 1. The molecular formula is C20H15BrNO3-. The van der Waals surface area contributed by atoms with E-state index in [4.69, 9.17) is 4.42 Å². The van der Waals surface area contributed by atoms with E-state index in [9.17, 15) is 9.90 Å². The first-order valence-electron chi connectivity index (χ1n) is 7.66. The van der Waals surface area contributed by atoms with Crippen LogP contribution in [0, 0.1) is 13.8 Å². The highest BCUT2D eigenvalue weighted by molar-refractivity contribution is 9.10. The van der Waals surface area contributed by atoms with Crippen LogP contribution >= 0.6 is 15.9 Å². The lowest BCUT2D eigenvalue weighted by Gasteiger charge is -2.07. The maximum absolute atomic E-state index is 10.9. The van der Waals surface area contributed by atoms with Crippen LogP contribution in [-0.2, 0) is 0 Å². The Hall–Kier alpha value is -2.66. The van der Waals surface area contributed by atoms with Crippen molar-refractivity contribution in [1.29, 1.82) is 0 Å². The van der Waals surface area contributed by atoms with Gasteiger partial charge in [0.05, 0.1) is 17.9 Å². The number of furan rings is 1.